The zero-order chi connectivity index (χ0) is 10.9. The van der Waals surface area contributed by atoms with Crippen molar-refractivity contribution in [3.63, 3.8) is 0 Å². The number of aryl methyl sites for hydroxylation is 1. The van der Waals surface area contributed by atoms with Crippen LogP contribution in [0.25, 0.3) is 0 Å². The lowest BCUT2D eigenvalue weighted by molar-refractivity contribution is 0.598. The van der Waals surface area contributed by atoms with E-state index in [0.717, 1.165) is 0 Å². The Kier molecular flexibility index (Phi) is 2.49. The number of thiophene rings is 1. The average Bonchev–Trinajstić information content (AvgIpc) is 2.75. The summed E-state index contributed by atoms with van der Waals surface area (Å²) in [6.07, 6.45) is 1.30. The van der Waals surface area contributed by atoms with Crippen LogP contribution in [0.2, 0.25) is 0 Å². The molecule has 15 heavy (non-hydrogen) atoms. The van der Waals surface area contributed by atoms with Gasteiger partial charge in [0.2, 0.25) is 0 Å². The monoisotopic (exact) mass is 243 g/mol. The molecular formula is C8H9N3O2S2. The molecular weight excluding hydrogens is 234 g/mol. The number of sulfonamides is 1. The molecule has 0 aromatic carbocycles. The Hall–Kier alpha value is -1.34. The van der Waals surface area contributed by atoms with E-state index in [9.17, 15) is 8.42 Å². The van der Waals surface area contributed by atoms with E-state index < -0.39 is 10.0 Å². The van der Waals surface area contributed by atoms with Crippen LogP contribution < -0.4 is 4.72 Å². The molecule has 7 heteroatoms. The third-order valence-corrected chi connectivity index (χ3v) is 3.72. The molecule has 0 saturated heterocycles. The number of imidazole rings is 1. The molecule has 80 valence electrons. The van der Waals surface area contributed by atoms with E-state index in [-0.39, 0.29) is 5.03 Å². The summed E-state index contributed by atoms with van der Waals surface area (Å²) < 4.78 is 25.9. The Bertz CT molecular complexity index is 542. The minimum Gasteiger partial charge on any atom is -0.332 e. The molecule has 0 saturated carbocycles. The van der Waals surface area contributed by atoms with E-state index in [1.165, 1.54) is 17.5 Å². The fourth-order valence-corrected chi connectivity index (χ4v) is 2.75. The summed E-state index contributed by atoms with van der Waals surface area (Å²) in [7, 11) is -3.52. The molecule has 2 aromatic rings. The van der Waals surface area contributed by atoms with Crippen molar-refractivity contribution in [2.75, 3.05) is 4.72 Å². The van der Waals surface area contributed by atoms with Crippen molar-refractivity contribution in [2.24, 2.45) is 0 Å². The summed E-state index contributed by atoms with van der Waals surface area (Å²) in [5.74, 6) is 0.570. The SMILES string of the molecule is Cc1ncc(S(=O)(=O)Nc2ccsc2)[nH]1. The molecule has 2 heterocycles. The van der Waals surface area contributed by atoms with Gasteiger partial charge in [0.15, 0.2) is 5.03 Å². The minimum absolute atomic E-state index is 0.0752. The first-order valence-corrected chi connectivity index (χ1v) is 6.57. The molecule has 5 nitrogen and oxygen atoms in total. The smallest absolute Gasteiger partial charge is 0.279 e. The second-order valence-corrected chi connectivity index (χ2v) is 5.38. The minimum atomic E-state index is -3.52. The molecule has 0 aliphatic rings. The van der Waals surface area contributed by atoms with Gasteiger partial charge in [-0.25, -0.2) is 4.98 Å². The highest BCUT2D eigenvalue weighted by Crippen LogP contribution is 2.16. The number of rotatable bonds is 3. The fraction of sp³-hybridized carbons (Fsp3) is 0.125. The maximum Gasteiger partial charge on any atom is 0.279 e. The van der Waals surface area contributed by atoms with Crippen molar-refractivity contribution in [1.82, 2.24) is 9.97 Å². The zero-order valence-corrected chi connectivity index (χ0v) is 9.52. The Morgan fingerprint density at radius 1 is 1.53 bits per heavy atom. The van der Waals surface area contributed by atoms with E-state index in [1.807, 2.05) is 0 Å². The molecule has 2 aromatic heterocycles. The summed E-state index contributed by atoms with van der Waals surface area (Å²) in [6.45, 7) is 1.70. The number of hydrogen-bond donors (Lipinski definition) is 2. The first kappa shape index (κ1) is 10.2. The lowest BCUT2D eigenvalue weighted by Gasteiger charge is -2.02. The number of aromatic amines is 1. The van der Waals surface area contributed by atoms with Gasteiger partial charge in [-0.05, 0) is 18.4 Å². The van der Waals surface area contributed by atoms with E-state index in [0.29, 0.717) is 11.5 Å². The van der Waals surface area contributed by atoms with Gasteiger partial charge in [-0.2, -0.15) is 19.8 Å². The molecule has 0 unspecified atom stereocenters. The number of nitrogens with zero attached hydrogens (tertiary/aromatic N) is 1. The molecule has 0 radical (unpaired) electrons. The largest absolute Gasteiger partial charge is 0.332 e. The van der Waals surface area contributed by atoms with Gasteiger partial charge in [-0.1, -0.05) is 0 Å². The van der Waals surface area contributed by atoms with Gasteiger partial charge in [-0.15, -0.1) is 0 Å². The van der Waals surface area contributed by atoms with Crippen molar-refractivity contribution in [1.29, 1.82) is 0 Å². The Balaban J connectivity index is 2.28. The molecule has 0 aliphatic carbocycles. The van der Waals surface area contributed by atoms with E-state index in [4.69, 9.17) is 0 Å². The Labute approximate surface area is 91.2 Å². The molecule has 0 amide bonds. The lowest BCUT2D eigenvalue weighted by atomic mass is 10.6. The van der Waals surface area contributed by atoms with Gasteiger partial charge in [0, 0.05) is 5.38 Å². The summed E-state index contributed by atoms with van der Waals surface area (Å²) in [6, 6.07) is 1.70. The molecule has 0 bridgehead atoms. The topological polar surface area (TPSA) is 74.8 Å². The standard InChI is InChI=1S/C8H9N3O2S2/c1-6-9-4-8(10-6)15(12,13)11-7-2-3-14-5-7/h2-5,11H,1H3,(H,9,10). The first-order valence-electron chi connectivity index (χ1n) is 4.14. The summed E-state index contributed by atoms with van der Waals surface area (Å²) in [4.78, 5) is 6.51. The van der Waals surface area contributed by atoms with Gasteiger partial charge in [-0.3, -0.25) is 4.72 Å². The zero-order valence-electron chi connectivity index (χ0n) is 7.89. The third kappa shape index (κ3) is 2.18. The van der Waals surface area contributed by atoms with Gasteiger partial charge < -0.3 is 4.98 Å². The molecule has 2 N–H and O–H groups in total. The number of anilines is 1. The van der Waals surface area contributed by atoms with Crippen molar-refractivity contribution >= 4 is 27.0 Å². The van der Waals surface area contributed by atoms with E-state index in [1.54, 1.807) is 23.8 Å². The van der Waals surface area contributed by atoms with Crippen LogP contribution in [0.15, 0.2) is 28.0 Å². The number of nitrogens with one attached hydrogen (secondary N) is 2. The number of aromatic nitrogens is 2. The van der Waals surface area contributed by atoms with Crippen LogP contribution in [0.3, 0.4) is 0 Å². The van der Waals surface area contributed by atoms with Crippen LogP contribution in [0.1, 0.15) is 5.82 Å². The predicted octanol–water partition coefficient (Wildman–Crippen LogP) is 1.58. The Morgan fingerprint density at radius 3 is 2.87 bits per heavy atom. The Morgan fingerprint density at radius 2 is 2.33 bits per heavy atom. The second kappa shape index (κ2) is 3.67. The van der Waals surface area contributed by atoms with Crippen LogP contribution in [-0.4, -0.2) is 18.4 Å². The second-order valence-electron chi connectivity index (χ2n) is 2.95. The van der Waals surface area contributed by atoms with Crippen molar-refractivity contribution < 1.29 is 8.42 Å². The fourth-order valence-electron chi connectivity index (χ4n) is 1.07. The third-order valence-electron chi connectivity index (χ3n) is 1.74. The van der Waals surface area contributed by atoms with Gasteiger partial charge in [0.1, 0.15) is 5.82 Å². The highest BCUT2D eigenvalue weighted by atomic mass is 32.2. The van der Waals surface area contributed by atoms with Gasteiger partial charge in [0.05, 0.1) is 11.9 Å². The summed E-state index contributed by atoms with van der Waals surface area (Å²) >= 11 is 1.43. The van der Waals surface area contributed by atoms with Crippen molar-refractivity contribution in [3.05, 3.63) is 28.8 Å². The molecule has 0 spiro atoms. The van der Waals surface area contributed by atoms with E-state index >= 15 is 0 Å². The summed E-state index contributed by atoms with van der Waals surface area (Å²) in [5, 5.41) is 3.60. The molecule has 2 rings (SSSR count). The maximum atomic E-state index is 11.7. The highest BCUT2D eigenvalue weighted by Gasteiger charge is 2.16. The van der Waals surface area contributed by atoms with Gasteiger partial charge >= 0.3 is 0 Å². The first-order chi connectivity index (χ1) is 7.08. The molecule has 0 atom stereocenters. The quantitative estimate of drug-likeness (QED) is 0.859. The van der Waals surface area contributed by atoms with E-state index in [2.05, 4.69) is 14.7 Å². The van der Waals surface area contributed by atoms with Crippen LogP contribution in [-0.2, 0) is 10.0 Å². The molecule has 0 fully saturated rings. The van der Waals surface area contributed by atoms with Crippen LogP contribution >= 0.6 is 11.3 Å². The maximum absolute atomic E-state index is 11.7. The van der Waals surface area contributed by atoms with Crippen molar-refractivity contribution in [3.8, 4) is 0 Å². The average molecular weight is 243 g/mol. The summed E-state index contributed by atoms with van der Waals surface area (Å²) in [5.41, 5.74) is 0.562. The normalized spacial score (nSPS) is 11.5. The highest BCUT2D eigenvalue weighted by molar-refractivity contribution is 7.92. The number of H-pyrrole nitrogens is 1. The molecule has 0 aliphatic heterocycles. The van der Waals surface area contributed by atoms with Crippen molar-refractivity contribution in [2.45, 2.75) is 11.9 Å². The number of hydrogen-bond acceptors (Lipinski definition) is 4. The lowest BCUT2D eigenvalue weighted by Crippen LogP contribution is -2.12. The van der Waals surface area contributed by atoms with Crippen LogP contribution in [0, 0.1) is 6.92 Å². The van der Waals surface area contributed by atoms with Crippen LogP contribution in [0.5, 0.6) is 0 Å². The van der Waals surface area contributed by atoms with Gasteiger partial charge in [0.25, 0.3) is 10.0 Å². The van der Waals surface area contributed by atoms with Crippen LogP contribution in [0.4, 0.5) is 5.69 Å². The predicted molar refractivity (Wildman–Crippen MR) is 58.5 cm³/mol.